The molecule has 1 atom stereocenters. The van der Waals surface area contributed by atoms with Gasteiger partial charge in [-0.3, -0.25) is 9.89 Å². The monoisotopic (exact) mass is 386 g/mol. The second-order valence-corrected chi connectivity index (χ2v) is 7.54. The number of nitrogens with one attached hydrogen (secondary N) is 1. The highest BCUT2D eigenvalue weighted by atomic mass is 16.2. The van der Waals surface area contributed by atoms with Gasteiger partial charge in [0.05, 0.1) is 18.1 Å². The maximum absolute atomic E-state index is 13.1. The van der Waals surface area contributed by atoms with Crippen LogP contribution in [0.15, 0.2) is 54.6 Å². The van der Waals surface area contributed by atoms with Crippen molar-refractivity contribution in [2.45, 2.75) is 32.4 Å². The van der Waals surface area contributed by atoms with E-state index in [1.54, 1.807) is 0 Å². The molecule has 0 unspecified atom stereocenters. The van der Waals surface area contributed by atoms with Gasteiger partial charge in [0.25, 0.3) is 5.91 Å². The van der Waals surface area contributed by atoms with Crippen LogP contribution in [0, 0.1) is 0 Å². The van der Waals surface area contributed by atoms with Crippen molar-refractivity contribution in [1.29, 1.82) is 0 Å². The molecule has 1 amide bonds. The number of carbonyl (C=O) groups is 1. The van der Waals surface area contributed by atoms with Crippen molar-refractivity contribution in [3.63, 3.8) is 0 Å². The maximum Gasteiger partial charge on any atom is 0.275 e. The molecule has 0 saturated carbocycles. The summed E-state index contributed by atoms with van der Waals surface area (Å²) in [7, 11) is 0. The van der Waals surface area contributed by atoms with Crippen molar-refractivity contribution >= 4 is 16.8 Å². The zero-order valence-electron chi connectivity index (χ0n) is 16.2. The molecular formula is C22H22N6O. The standard InChI is InChI=1S/C22H22N6O/c1-15-13-27(22(29)21-17-9-5-6-10-18(17)23-26-21)14-20-25-24-19(28(15)20)12-11-16-7-3-2-4-8-16/h2-10,15H,11-14H2,1H3,(H,23,26)/t15-/m0/s1. The molecule has 1 N–H and O–H groups in total. The summed E-state index contributed by atoms with van der Waals surface area (Å²) in [5, 5.41) is 16.9. The fourth-order valence-corrected chi connectivity index (χ4v) is 4.12. The summed E-state index contributed by atoms with van der Waals surface area (Å²) in [5.74, 6) is 1.74. The van der Waals surface area contributed by atoms with Crippen molar-refractivity contribution in [1.82, 2.24) is 29.9 Å². The first kappa shape index (κ1) is 17.6. The molecule has 146 valence electrons. The largest absolute Gasteiger partial charge is 0.328 e. The minimum atomic E-state index is -0.0746. The number of hydrogen-bond acceptors (Lipinski definition) is 4. The zero-order chi connectivity index (χ0) is 19.8. The summed E-state index contributed by atoms with van der Waals surface area (Å²) < 4.78 is 2.19. The van der Waals surface area contributed by atoms with Crippen LogP contribution in [-0.4, -0.2) is 42.3 Å². The Hall–Kier alpha value is -3.48. The van der Waals surface area contributed by atoms with Crippen LogP contribution in [0.1, 0.15) is 40.7 Å². The molecule has 1 aliphatic rings. The van der Waals surface area contributed by atoms with E-state index in [-0.39, 0.29) is 11.9 Å². The molecule has 0 radical (unpaired) electrons. The van der Waals surface area contributed by atoms with Gasteiger partial charge in [-0.2, -0.15) is 5.10 Å². The second kappa shape index (κ2) is 7.16. The van der Waals surface area contributed by atoms with Crippen molar-refractivity contribution < 1.29 is 4.79 Å². The fraction of sp³-hybridized carbons (Fsp3) is 0.273. The number of rotatable bonds is 4. The summed E-state index contributed by atoms with van der Waals surface area (Å²) in [4.78, 5) is 15.0. The first-order valence-corrected chi connectivity index (χ1v) is 9.89. The predicted octanol–water partition coefficient (Wildman–Crippen LogP) is 3.16. The van der Waals surface area contributed by atoms with Crippen LogP contribution in [0.5, 0.6) is 0 Å². The number of aryl methyl sites for hydroxylation is 2. The number of hydrogen-bond donors (Lipinski definition) is 1. The highest BCUT2D eigenvalue weighted by molar-refractivity contribution is 6.04. The third kappa shape index (κ3) is 3.18. The van der Waals surface area contributed by atoms with E-state index in [9.17, 15) is 4.79 Å². The first-order chi connectivity index (χ1) is 14.2. The Kier molecular flexibility index (Phi) is 4.35. The molecule has 0 saturated heterocycles. The minimum absolute atomic E-state index is 0.0746. The fourth-order valence-electron chi connectivity index (χ4n) is 4.12. The van der Waals surface area contributed by atoms with Gasteiger partial charge >= 0.3 is 0 Å². The average molecular weight is 386 g/mol. The van der Waals surface area contributed by atoms with E-state index in [4.69, 9.17) is 0 Å². The molecule has 5 rings (SSSR count). The number of carbonyl (C=O) groups excluding carboxylic acids is 1. The van der Waals surface area contributed by atoms with Gasteiger partial charge in [-0.1, -0.05) is 48.5 Å². The lowest BCUT2D eigenvalue weighted by atomic mass is 10.1. The predicted molar refractivity (Wildman–Crippen MR) is 109 cm³/mol. The van der Waals surface area contributed by atoms with Gasteiger partial charge in [0.1, 0.15) is 5.82 Å². The van der Waals surface area contributed by atoms with Crippen LogP contribution in [0.25, 0.3) is 10.9 Å². The van der Waals surface area contributed by atoms with E-state index >= 15 is 0 Å². The average Bonchev–Trinajstić information content (AvgIpc) is 3.37. The van der Waals surface area contributed by atoms with Gasteiger partial charge in [0.15, 0.2) is 11.5 Å². The summed E-state index contributed by atoms with van der Waals surface area (Å²) in [6.07, 6.45) is 1.76. The Morgan fingerprint density at radius 2 is 1.86 bits per heavy atom. The van der Waals surface area contributed by atoms with Crippen molar-refractivity contribution in [3.05, 3.63) is 77.5 Å². The van der Waals surface area contributed by atoms with Crippen molar-refractivity contribution in [3.8, 4) is 0 Å². The third-order valence-corrected chi connectivity index (χ3v) is 5.53. The topological polar surface area (TPSA) is 79.7 Å². The molecular weight excluding hydrogens is 364 g/mol. The zero-order valence-corrected chi connectivity index (χ0v) is 16.2. The molecule has 7 heteroatoms. The number of fused-ring (bicyclic) bond motifs is 2. The van der Waals surface area contributed by atoms with Crippen LogP contribution in [0.2, 0.25) is 0 Å². The van der Waals surface area contributed by atoms with Crippen LogP contribution in [0.3, 0.4) is 0 Å². The van der Waals surface area contributed by atoms with Gasteiger partial charge in [-0.15, -0.1) is 10.2 Å². The lowest BCUT2D eigenvalue weighted by Gasteiger charge is -2.32. The summed E-state index contributed by atoms with van der Waals surface area (Å²) in [5.41, 5.74) is 2.62. The SMILES string of the molecule is C[C@H]1CN(C(=O)c2n[nH]c3ccccc23)Cc2nnc(CCc3ccccc3)n21. The van der Waals surface area contributed by atoms with Gasteiger partial charge in [-0.25, -0.2) is 0 Å². The lowest BCUT2D eigenvalue weighted by molar-refractivity contribution is 0.0675. The van der Waals surface area contributed by atoms with Crippen molar-refractivity contribution in [2.24, 2.45) is 0 Å². The molecule has 4 aromatic rings. The number of H-pyrrole nitrogens is 1. The van der Waals surface area contributed by atoms with E-state index in [1.807, 2.05) is 35.2 Å². The summed E-state index contributed by atoms with van der Waals surface area (Å²) in [6, 6.07) is 18.2. The Bertz CT molecular complexity index is 1160. The van der Waals surface area contributed by atoms with Crippen LogP contribution in [0.4, 0.5) is 0 Å². The van der Waals surface area contributed by atoms with Gasteiger partial charge in [0, 0.05) is 18.4 Å². The van der Waals surface area contributed by atoms with Crippen LogP contribution >= 0.6 is 0 Å². The van der Waals surface area contributed by atoms with E-state index < -0.39 is 0 Å². The van der Waals surface area contributed by atoms with E-state index in [0.29, 0.717) is 18.8 Å². The van der Waals surface area contributed by atoms with Gasteiger partial charge in [-0.05, 0) is 25.0 Å². The van der Waals surface area contributed by atoms with Crippen LogP contribution < -0.4 is 0 Å². The Morgan fingerprint density at radius 1 is 1.07 bits per heavy atom. The molecule has 29 heavy (non-hydrogen) atoms. The first-order valence-electron chi connectivity index (χ1n) is 9.89. The molecule has 0 bridgehead atoms. The highest BCUT2D eigenvalue weighted by Gasteiger charge is 2.31. The second-order valence-electron chi connectivity index (χ2n) is 7.54. The molecule has 7 nitrogen and oxygen atoms in total. The Balaban J connectivity index is 1.36. The molecule has 0 aliphatic carbocycles. The van der Waals surface area contributed by atoms with Crippen molar-refractivity contribution in [2.75, 3.05) is 6.54 Å². The number of para-hydroxylation sites is 1. The smallest absolute Gasteiger partial charge is 0.275 e. The maximum atomic E-state index is 13.1. The van der Waals surface area contributed by atoms with Crippen LogP contribution in [-0.2, 0) is 19.4 Å². The minimum Gasteiger partial charge on any atom is -0.328 e. The summed E-state index contributed by atoms with van der Waals surface area (Å²) in [6.45, 7) is 3.17. The molecule has 0 fully saturated rings. The Labute approximate surface area is 168 Å². The summed E-state index contributed by atoms with van der Waals surface area (Å²) >= 11 is 0. The van der Waals surface area contributed by atoms with Gasteiger partial charge < -0.3 is 9.47 Å². The molecule has 0 spiro atoms. The Morgan fingerprint density at radius 3 is 2.72 bits per heavy atom. The quantitative estimate of drug-likeness (QED) is 0.584. The van der Waals surface area contributed by atoms with E-state index in [2.05, 4.69) is 56.2 Å². The molecule has 2 aromatic carbocycles. The molecule has 1 aliphatic heterocycles. The number of benzene rings is 2. The number of aromatic nitrogens is 5. The van der Waals surface area contributed by atoms with Gasteiger partial charge in [0.2, 0.25) is 0 Å². The number of nitrogens with zero attached hydrogens (tertiary/aromatic N) is 5. The lowest BCUT2D eigenvalue weighted by Crippen LogP contribution is -2.41. The van der Waals surface area contributed by atoms with E-state index in [0.717, 1.165) is 35.4 Å². The number of amides is 1. The third-order valence-electron chi connectivity index (χ3n) is 5.53. The molecule has 2 aromatic heterocycles. The highest BCUT2D eigenvalue weighted by Crippen LogP contribution is 2.25. The van der Waals surface area contributed by atoms with E-state index in [1.165, 1.54) is 5.56 Å². The number of aromatic amines is 1. The molecule has 3 heterocycles. The normalized spacial score (nSPS) is 16.2.